The first kappa shape index (κ1) is 19.3. The van der Waals surface area contributed by atoms with E-state index in [-0.39, 0.29) is 36.4 Å². The molecule has 1 saturated heterocycles. The van der Waals surface area contributed by atoms with E-state index < -0.39 is 6.04 Å². The number of nitrogens with one attached hydrogen (secondary N) is 1. The topological polar surface area (TPSA) is 61.9 Å². The molecule has 1 N–H and O–H groups in total. The van der Waals surface area contributed by atoms with E-state index in [0.717, 1.165) is 0 Å². The van der Waals surface area contributed by atoms with Gasteiger partial charge in [-0.3, -0.25) is 14.5 Å². The Morgan fingerprint density at radius 2 is 1.84 bits per heavy atom. The maximum absolute atomic E-state index is 12.9. The zero-order valence-corrected chi connectivity index (χ0v) is 15.2. The molecule has 0 aromatic heterocycles. The summed E-state index contributed by atoms with van der Waals surface area (Å²) >= 11 is 0. The van der Waals surface area contributed by atoms with Crippen molar-refractivity contribution >= 4 is 17.5 Å². The molecule has 2 rings (SSSR count). The lowest BCUT2D eigenvalue weighted by molar-refractivity contribution is -0.148. The van der Waals surface area contributed by atoms with Gasteiger partial charge in [-0.15, -0.1) is 0 Å². The van der Waals surface area contributed by atoms with Crippen LogP contribution in [0.1, 0.15) is 20.8 Å². The fourth-order valence-corrected chi connectivity index (χ4v) is 2.91. The number of carbonyl (C=O) groups excluding carboxylic acids is 2. The average molecular weight is 351 g/mol. The van der Waals surface area contributed by atoms with Crippen LogP contribution in [-0.2, 0) is 14.3 Å². The van der Waals surface area contributed by atoms with Crippen LogP contribution in [0.25, 0.3) is 0 Å². The molecule has 0 bridgehead atoms. The van der Waals surface area contributed by atoms with Crippen molar-refractivity contribution in [3.8, 4) is 0 Å². The van der Waals surface area contributed by atoms with Crippen LogP contribution in [0.4, 0.5) is 10.1 Å². The summed E-state index contributed by atoms with van der Waals surface area (Å²) in [5.41, 5.74) is 0.523. The molecule has 2 amide bonds. The standard InChI is InChI=1S/C18H26FN3O3/c1-12-9-22(10-13(2)25-12)18(24)14(3)21(4)11-17(23)20-16-7-5-15(19)6-8-16/h5-8,12-14H,9-11H2,1-4H3,(H,20,23)/t12-,13+,14-/m1/s1. The van der Waals surface area contributed by atoms with Crippen molar-refractivity contribution < 1.29 is 18.7 Å². The van der Waals surface area contributed by atoms with Gasteiger partial charge in [-0.1, -0.05) is 0 Å². The first-order valence-electron chi connectivity index (χ1n) is 8.46. The molecule has 138 valence electrons. The molecule has 0 aliphatic carbocycles. The van der Waals surface area contributed by atoms with Crippen molar-refractivity contribution in [2.75, 3.05) is 32.0 Å². The Morgan fingerprint density at radius 1 is 1.28 bits per heavy atom. The largest absolute Gasteiger partial charge is 0.372 e. The first-order chi connectivity index (χ1) is 11.8. The second kappa shape index (κ2) is 8.40. The summed E-state index contributed by atoms with van der Waals surface area (Å²) < 4.78 is 18.5. The van der Waals surface area contributed by atoms with Gasteiger partial charge in [0.1, 0.15) is 5.82 Å². The molecular weight excluding hydrogens is 325 g/mol. The number of carbonyl (C=O) groups is 2. The SMILES string of the molecule is C[C@@H]1CN(C(=O)[C@@H](C)N(C)CC(=O)Nc2ccc(F)cc2)C[C@H](C)O1. The number of ether oxygens (including phenoxy) is 1. The van der Waals surface area contributed by atoms with Gasteiger partial charge in [0.05, 0.1) is 24.8 Å². The van der Waals surface area contributed by atoms with Gasteiger partial charge in [0.15, 0.2) is 0 Å². The number of morpholine rings is 1. The fraction of sp³-hybridized carbons (Fsp3) is 0.556. The highest BCUT2D eigenvalue weighted by molar-refractivity contribution is 5.92. The molecule has 0 spiro atoms. The zero-order valence-electron chi connectivity index (χ0n) is 15.2. The molecule has 25 heavy (non-hydrogen) atoms. The second-order valence-electron chi connectivity index (χ2n) is 6.65. The maximum atomic E-state index is 12.9. The van der Waals surface area contributed by atoms with Crippen LogP contribution in [0.5, 0.6) is 0 Å². The predicted molar refractivity (Wildman–Crippen MR) is 93.7 cm³/mol. The number of halogens is 1. The minimum Gasteiger partial charge on any atom is -0.372 e. The van der Waals surface area contributed by atoms with E-state index in [1.807, 2.05) is 13.8 Å². The molecule has 7 heteroatoms. The van der Waals surface area contributed by atoms with Crippen molar-refractivity contribution in [3.05, 3.63) is 30.1 Å². The van der Waals surface area contributed by atoms with Crippen LogP contribution in [0.3, 0.4) is 0 Å². The number of hydrogen-bond acceptors (Lipinski definition) is 4. The van der Waals surface area contributed by atoms with Crippen molar-refractivity contribution in [1.29, 1.82) is 0 Å². The molecule has 1 aromatic rings. The smallest absolute Gasteiger partial charge is 0.239 e. The summed E-state index contributed by atoms with van der Waals surface area (Å²) in [4.78, 5) is 28.3. The number of anilines is 1. The highest BCUT2D eigenvalue weighted by atomic mass is 19.1. The van der Waals surface area contributed by atoms with E-state index in [4.69, 9.17) is 4.74 Å². The van der Waals surface area contributed by atoms with Crippen LogP contribution in [-0.4, -0.2) is 66.5 Å². The third-order valence-corrected chi connectivity index (χ3v) is 4.27. The number of likely N-dealkylation sites (N-methyl/N-ethyl adjacent to an activating group) is 1. The van der Waals surface area contributed by atoms with E-state index in [1.165, 1.54) is 24.3 Å². The summed E-state index contributed by atoms with van der Waals surface area (Å²) in [6.45, 7) is 6.87. The minimum atomic E-state index is -0.420. The number of nitrogens with zero attached hydrogens (tertiary/aromatic N) is 2. The summed E-state index contributed by atoms with van der Waals surface area (Å²) in [5, 5.41) is 2.70. The molecule has 0 unspecified atom stereocenters. The molecule has 0 saturated carbocycles. The quantitative estimate of drug-likeness (QED) is 0.877. The molecule has 3 atom stereocenters. The Bertz CT molecular complexity index is 598. The van der Waals surface area contributed by atoms with E-state index in [1.54, 1.807) is 23.8 Å². The number of hydrogen-bond donors (Lipinski definition) is 1. The lowest BCUT2D eigenvalue weighted by Crippen LogP contribution is -2.54. The number of benzene rings is 1. The lowest BCUT2D eigenvalue weighted by Gasteiger charge is -2.38. The average Bonchev–Trinajstić information content (AvgIpc) is 2.54. The normalized spacial score (nSPS) is 21.9. The van der Waals surface area contributed by atoms with Crippen molar-refractivity contribution in [1.82, 2.24) is 9.80 Å². The maximum Gasteiger partial charge on any atom is 0.239 e. The fourth-order valence-electron chi connectivity index (χ4n) is 2.91. The number of rotatable bonds is 5. The number of amides is 2. The monoisotopic (exact) mass is 351 g/mol. The van der Waals surface area contributed by atoms with E-state index in [0.29, 0.717) is 18.8 Å². The predicted octanol–water partition coefficient (Wildman–Crippen LogP) is 1.72. The Balaban J connectivity index is 1.88. The van der Waals surface area contributed by atoms with E-state index in [9.17, 15) is 14.0 Å². The lowest BCUT2D eigenvalue weighted by atomic mass is 10.2. The van der Waals surface area contributed by atoms with Crippen molar-refractivity contribution in [2.24, 2.45) is 0 Å². The van der Waals surface area contributed by atoms with Crippen LogP contribution in [0.2, 0.25) is 0 Å². The van der Waals surface area contributed by atoms with Crippen LogP contribution < -0.4 is 5.32 Å². The molecule has 1 aromatic carbocycles. The molecule has 1 aliphatic rings. The molecule has 0 radical (unpaired) electrons. The van der Waals surface area contributed by atoms with Crippen molar-refractivity contribution in [3.63, 3.8) is 0 Å². The first-order valence-corrected chi connectivity index (χ1v) is 8.46. The van der Waals surface area contributed by atoms with Gasteiger partial charge in [0.2, 0.25) is 11.8 Å². The minimum absolute atomic E-state index is 0.00646. The van der Waals surface area contributed by atoms with Gasteiger partial charge in [-0.05, 0) is 52.1 Å². The highest BCUT2D eigenvalue weighted by Crippen LogP contribution is 2.14. The van der Waals surface area contributed by atoms with E-state index >= 15 is 0 Å². The zero-order chi connectivity index (χ0) is 18.6. The molecule has 1 heterocycles. The van der Waals surface area contributed by atoms with Gasteiger partial charge in [-0.2, -0.15) is 0 Å². The van der Waals surface area contributed by atoms with Gasteiger partial charge >= 0.3 is 0 Å². The van der Waals surface area contributed by atoms with Crippen LogP contribution in [0, 0.1) is 5.82 Å². The highest BCUT2D eigenvalue weighted by Gasteiger charge is 2.30. The van der Waals surface area contributed by atoms with E-state index in [2.05, 4.69) is 5.32 Å². The summed E-state index contributed by atoms with van der Waals surface area (Å²) in [6.07, 6.45) is 0.0129. The third kappa shape index (κ3) is 5.51. The summed E-state index contributed by atoms with van der Waals surface area (Å²) in [5.74, 6) is -0.625. The van der Waals surface area contributed by atoms with Crippen LogP contribution >= 0.6 is 0 Å². The van der Waals surface area contributed by atoms with Gasteiger partial charge < -0.3 is 15.0 Å². The Kier molecular flexibility index (Phi) is 6.50. The second-order valence-corrected chi connectivity index (χ2v) is 6.65. The Labute approximate surface area is 147 Å². The molecular formula is C18H26FN3O3. The summed E-state index contributed by atoms with van der Waals surface area (Å²) in [6, 6.07) is 5.14. The molecule has 1 aliphatic heterocycles. The van der Waals surface area contributed by atoms with Crippen molar-refractivity contribution in [2.45, 2.75) is 39.0 Å². The van der Waals surface area contributed by atoms with Gasteiger partial charge in [0, 0.05) is 18.8 Å². The van der Waals surface area contributed by atoms with Gasteiger partial charge in [0.25, 0.3) is 0 Å². The molecule has 6 nitrogen and oxygen atoms in total. The molecule has 1 fully saturated rings. The Morgan fingerprint density at radius 3 is 2.40 bits per heavy atom. The summed E-state index contributed by atoms with van der Waals surface area (Å²) in [7, 11) is 1.74. The Hall–Kier alpha value is -1.99. The van der Waals surface area contributed by atoms with Crippen LogP contribution in [0.15, 0.2) is 24.3 Å². The van der Waals surface area contributed by atoms with Gasteiger partial charge in [-0.25, -0.2) is 4.39 Å². The third-order valence-electron chi connectivity index (χ3n) is 4.27.